The Morgan fingerprint density at radius 3 is 2.52 bits per heavy atom. The summed E-state index contributed by atoms with van der Waals surface area (Å²) in [6.07, 6.45) is 3.21. The molecule has 0 spiro atoms. The van der Waals surface area contributed by atoms with E-state index in [1.807, 2.05) is 26.0 Å². The van der Waals surface area contributed by atoms with Gasteiger partial charge in [-0.15, -0.1) is 0 Å². The Hall–Kier alpha value is -2.19. The predicted molar refractivity (Wildman–Crippen MR) is 96.4 cm³/mol. The maximum absolute atomic E-state index is 13.7. The van der Waals surface area contributed by atoms with Gasteiger partial charge in [-0.2, -0.15) is 5.10 Å². The molecule has 0 saturated carbocycles. The zero-order valence-electron chi connectivity index (χ0n) is 14.7. The highest BCUT2D eigenvalue weighted by molar-refractivity contribution is 7.92. The summed E-state index contributed by atoms with van der Waals surface area (Å²) in [7, 11) is -3.28. The van der Waals surface area contributed by atoms with Crippen molar-refractivity contribution in [2.75, 3.05) is 17.5 Å². The summed E-state index contributed by atoms with van der Waals surface area (Å²) in [4.78, 5) is 0. The lowest BCUT2D eigenvalue weighted by atomic mass is 10.0. The fourth-order valence-corrected chi connectivity index (χ4v) is 3.18. The van der Waals surface area contributed by atoms with Crippen molar-refractivity contribution in [3.8, 4) is 0 Å². The molecule has 0 saturated heterocycles. The normalized spacial score (nSPS) is 12.4. The van der Waals surface area contributed by atoms with E-state index in [-0.39, 0.29) is 12.4 Å². The van der Waals surface area contributed by atoms with Crippen molar-refractivity contribution < 1.29 is 18.5 Å². The Bertz CT molecular complexity index is 871. The van der Waals surface area contributed by atoms with Gasteiger partial charge in [0.2, 0.25) is 10.0 Å². The lowest BCUT2D eigenvalue weighted by Crippen LogP contribution is -2.49. The minimum Gasteiger partial charge on any atom is -0.354 e. The number of nitrogens with zero attached hydrogens (tertiary/aromatic N) is 2. The first kappa shape index (κ1) is 19.1. The van der Waals surface area contributed by atoms with E-state index in [9.17, 15) is 12.8 Å². The molecule has 0 fully saturated rings. The Labute approximate surface area is 147 Å². The lowest BCUT2D eigenvalue weighted by molar-refractivity contribution is -0.353. The van der Waals surface area contributed by atoms with Crippen molar-refractivity contribution in [2.24, 2.45) is 0 Å². The summed E-state index contributed by atoms with van der Waals surface area (Å²) in [5, 5.41) is 4.42. The molecule has 0 radical (unpaired) electrons. The topological polar surface area (TPSA) is 91.6 Å². The molecular formula is C17H24FN4O2S+. The molecule has 0 amide bonds. The quantitative estimate of drug-likeness (QED) is 0.778. The third-order valence-electron chi connectivity index (χ3n) is 3.84. The van der Waals surface area contributed by atoms with Gasteiger partial charge in [-0.3, -0.25) is 9.40 Å². The highest BCUT2D eigenvalue weighted by Gasteiger charge is 2.13. The molecule has 136 valence electrons. The van der Waals surface area contributed by atoms with Gasteiger partial charge < -0.3 is 5.73 Å². The third-order valence-corrected chi connectivity index (χ3v) is 4.44. The van der Waals surface area contributed by atoms with Crippen LogP contribution in [0.25, 0.3) is 0 Å². The number of hydrogen-bond donors (Lipinski definition) is 2. The number of allylic oxidation sites excluding steroid dienone is 1. The minimum absolute atomic E-state index is 0.111. The number of nitrogens with one attached hydrogen (secondary N) is 1. The van der Waals surface area contributed by atoms with Gasteiger partial charge in [0, 0.05) is 29.4 Å². The highest BCUT2D eigenvalue weighted by Crippen LogP contribution is 2.20. The van der Waals surface area contributed by atoms with E-state index >= 15 is 0 Å². The molecule has 2 rings (SSSR count). The molecule has 1 heterocycles. The van der Waals surface area contributed by atoms with Gasteiger partial charge in [0.1, 0.15) is 5.83 Å². The molecule has 8 heteroatoms. The van der Waals surface area contributed by atoms with E-state index in [0.717, 1.165) is 28.8 Å². The first-order valence-corrected chi connectivity index (χ1v) is 9.82. The molecule has 6 nitrogen and oxygen atoms in total. The highest BCUT2D eigenvalue weighted by atomic mass is 32.2. The van der Waals surface area contributed by atoms with Crippen LogP contribution in [0, 0.1) is 13.8 Å². The van der Waals surface area contributed by atoms with Crippen molar-refractivity contribution in [2.45, 2.75) is 26.8 Å². The fraction of sp³-hybridized carbons (Fsp3) is 0.353. The molecule has 0 bridgehead atoms. The summed E-state index contributed by atoms with van der Waals surface area (Å²) in [6.45, 7) is 4.35. The molecule has 1 aromatic carbocycles. The SMILES string of the molecule is Cc1nn(C/C(F)=C/C[NH3+])c(C)c1Cc1ccc(NS(C)(=O)=O)cc1. The number of aryl methyl sites for hydroxylation is 1. The van der Waals surface area contributed by atoms with Crippen LogP contribution < -0.4 is 10.5 Å². The van der Waals surface area contributed by atoms with Gasteiger partial charge in [0.05, 0.1) is 25.0 Å². The Balaban J connectivity index is 2.17. The maximum atomic E-state index is 13.7. The first-order valence-electron chi connectivity index (χ1n) is 7.93. The van der Waals surface area contributed by atoms with Crippen molar-refractivity contribution in [1.29, 1.82) is 0 Å². The van der Waals surface area contributed by atoms with Crippen LogP contribution in [0.4, 0.5) is 10.1 Å². The number of benzene rings is 1. The van der Waals surface area contributed by atoms with Gasteiger partial charge in [-0.05, 0) is 31.5 Å². The molecule has 0 aliphatic heterocycles. The van der Waals surface area contributed by atoms with E-state index in [0.29, 0.717) is 18.7 Å². The van der Waals surface area contributed by atoms with E-state index in [1.54, 1.807) is 16.8 Å². The van der Waals surface area contributed by atoms with Crippen LogP contribution in [0.2, 0.25) is 0 Å². The third kappa shape index (κ3) is 5.40. The maximum Gasteiger partial charge on any atom is 0.229 e. The van der Waals surface area contributed by atoms with Crippen LogP contribution in [0.1, 0.15) is 22.5 Å². The van der Waals surface area contributed by atoms with Gasteiger partial charge in [0.25, 0.3) is 0 Å². The van der Waals surface area contributed by atoms with Crippen LogP contribution >= 0.6 is 0 Å². The summed E-state index contributed by atoms with van der Waals surface area (Å²) in [6, 6.07) is 7.18. The van der Waals surface area contributed by atoms with Gasteiger partial charge >= 0.3 is 0 Å². The second-order valence-corrected chi connectivity index (χ2v) is 7.74. The van der Waals surface area contributed by atoms with Crippen molar-refractivity contribution in [3.05, 3.63) is 58.7 Å². The van der Waals surface area contributed by atoms with E-state index in [2.05, 4.69) is 15.6 Å². The van der Waals surface area contributed by atoms with Crippen molar-refractivity contribution in [1.82, 2.24) is 9.78 Å². The van der Waals surface area contributed by atoms with Crippen LogP contribution in [0.5, 0.6) is 0 Å². The summed E-state index contributed by atoms with van der Waals surface area (Å²) < 4.78 is 40.3. The van der Waals surface area contributed by atoms with Gasteiger partial charge in [-0.25, -0.2) is 12.8 Å². The molecule has 0 unspecified atom stereocenters. The zero-order chi connectivity index (χ0) is 18.6. The summed E-state index contributed by atoms with van der Waals surface area (Å²) in [5.74, 6) is -0.247. The number of anilines is 1. The molecule has 1 aromatic heterocycles. The molecule has 0 aliphatic rings. The number of halogens is 1. The zero-order valence-corrected chi connectivity index (χ0v) is 15.5. The molecule has 0 atom stereocenters. The molecule has 25 heavy (non-hydrogen) atoms. The average molecular weight is 367 g/mol. The summed E-state index contributed by atoms with van der Waals surface area (Å²) in [5.41, 5.74) is 7.99. The van der Waals surface area contributed by atoms with Crippen LogP contribution in [-0.4, -0.2) is 31.0 Å². The fourth-order valence-electron chi connectivity index (χ4n) is 2.62. The van der Waals surface area contributed by atoms with Gasteiger partial charge in [0.15, 0.2) is 0 Å². The second-order valence-electron chi connectivity index (χ2n) is 5.99. The van der Waals surface area contributed by atoms with Crippen molar-refractivity contribution >= 4 is 15.7 Å². The predicted octanol–water partition coefficient (Wildman–Crippen LogP) is 1.56. The Morgan fingerprint density at radius 1 is 1.32 bits per heavy atom. The smallest absolute Gasteiger partial charge is 0.229 e. The number of aromatic nitrogens is 2. The lowest BCUT2D eigenvalue weighted by Gasteiger charge is -2.07. The molecule has 2 aromatic rings. The Morgan fingerprint density at radius 2 is 1.96 bits per heavy atom. The van der Waals surface area contributed by atoms with Crippen LogP contribution in [-0.2, 0) is 23.0 Å². The minimum atomic E-state index is -3.28. The number of hydrogen-bond acceptors (Lipinski definition) is 3. The second kappa shape index (κ2) is 7.79. The van der Waals surface area contributed by atoms with Crippen LogP contribution in [0.3, 0.4) is 0 Å². The van der Waals surface area contributed by atoms with E-state index in [4.69, 9.17) is 0 Å². The van der Waals surface area contributed by atoms with Crippen molar-refractivity contribution in [3.63, 3.8) is 0 Å². The van der Waals surface area contributed by atoms with Gasteiger partial charge in [-0.1, -0.05) is 12.1 Å². The number of rotatable bonds is 7. The summed E-state index contributed by atoms with van der Waals surface area (Å²) >= 11 is 0. The number of sulfonamides is 1. The largest absolute Gasteiger partial charge is 0.354 e. The number of quaternary nitrogens is 1. The first-order chi connectivity index (χ1) is 11.7. The Kier molecular flexibility index (Phi) is 5.97. The molecular weight excluding hydrogens is 343 g/mol. The van der Waals surface area contributed by atoms with E-state index in [1.165, 1.54) is 6.08 Å². The van der Waals surface area contributed by atoms with Crippen LogP contribution in [0.15, 0.2) is 36.2 Å². The standard InChI is InChI=1S/C17H23FN4O2S/c1-12-17(13(2)22(20-12)11-15(18)8-9-19)10-14-4-6-16(7-5-14)21-25(3,23)24/h4-8,21H,9-11,19H2,1-3H3/p+1/b15-8-. The monoisotopic (exact) mass is 367 g/mol. The molecule has 4 N–H and O–H groups in total. The molecule has 0 aliphatic carbocycles. The van der Waals surface area contributed by atoms with E-state index < -0.39 is 10.0 Å². The average Bonchev–Trinajstić information content (AvgIpc) is 2.75.